The van der Waals surface area contributed by atoms with Crippen LogP contribution < -0.4 is 0 Å². The predicted octanol–water partition coefficient (Wildman–Crippen LogP) is 14.8. The molecule has 9 aromatic rings. The third kappa shape index (κ3) is 7.00. The summed E-state index contributed by atoms with van der Waals surface area (Å²) in [5.41, 5.74) is 15.4. The second-order valence-electron chi connectivity index (χ2n) is 17.4. The Morgan fingerprint density at radius 3 is 1.47 bits per heavy atom. The molecule has 4 heteroatoms. The molecule has 284 valence electrons. The Labute approximate surface area is 340 Å². The first-order valence-electron chi connectivity index (χ1n) is 20.0. The van der Waals surface area contributed by atoms with E-state index in [1.54, 1.807) is 0 Å². The Bertz CT molecular complexity index is 2950. The molecule has 0 amide bonds. The number of nitrogens with zero attached hydrogens (tertiary/aromatic N) is 2. The molecule has 3 aromatic heterocycles. The highest BCUT2D eigenvalue weighted by atomic mass is 19.1. The highest BCUT2D eigenvalue weighted by molar-refractivity contribution is 6.16. The molecule has 0 radical (unpaired) electrons. The van der Waals surface area contributed by atoms with Crippen LogP contribution in [0.1, 0.15) is 52.7 Å². The summed E-state index contributed by atoms with van der Waals surface area (Å²) in [5.74, 6) is -0.346. The summed E-state index contributed by atoms with van der Waals surface area (Å²) in [7, 11) is 0. The molecule has 9 rings (SSSR count). The van der Waals surface area contributed by atoms with Crippen LogP contribution in [0.25, 0.3) is 89.0 Å². The van der Waals surface area contributed by atoms with Gasteiger partial charge in [0, 0.05) is 33.0 Å². The molecule has 0 saturated heterocycles. The van der Waals surface area contributed by atoms with Crippen molar-refractivity contribution in [3.05, 3.63) is 181 Å². The van der Waals surface area contributed by atoms with E-state index in [1.165, 1.54) is 22.9 Å². The zero-order chi connectivity index (χ0) is 40.2. The van der Waals surface area contributed by atoms with Crippen molar-refractivity contribution in [2.45, 2.75) is 52.4 Å². The van der Waals surface area contributed by atoms with E-state index in [-0.39, 0.29) is 16.6 Å². The maximum atomic E-state index is 15.5. The van der Waals surface area contributed by atoms with Crippen molar-refractivity contribution in [2.75, 3.05) is 0 Å². The maximum absolute atomic E-state index is 15.5. The van der Waals surface area contributed by atoms with Gasteiger partial charge in [0.2, 0.25) is 0 Å². The molecule has 0 aliphatic heterocycles. The Hall–Kier alpha value is -6.65. The van der Waals surface area contributed by atoms with Crippen LogP contribution in [0.15, 0.2) is 164 Å². The average Bonchev–Trinajstić information content (AvgIpc) is 3.62. The molecule has 0 atom stereocenters. The van der Waals surface area contributed by atoms with Crippen LogP contribution in [0.3, 0.4) is 0 Å². The Morgan fingerprint density at radius 2 is 0.897 bits per heavy atom. The van der Waals surface area contributed by atoms with Gasteiger partial charge in [-0.3, -0.25) is 4.98 Å². The second kappa shape index (κ2) is 14.4. The third-order valence-electron chi connectivity index (χ3n) is 11.2. The number of rotatable bonds is 6. The summed E-state index contributed by atoms with van der Waals surface area (Å²) < 4.78 is 15.5. The molecule has 0 aliphatic carbocycles. The van der Waals surface area contributed by atoms with Gasteiger partial charge in [0.25, 0.3) is 0 Å². The lowest BCUT2D eigenvalue weighted by molar-refractivity contribution is 0.590. The minimum atomic E-state index is -0.346. The number of hydrogen-bond donors (Lipinski definition) is 1. The fraction of sp³-hybridized carbons (Fsp3) is 0.148. The van der Waals surface area contributed by atoms with E-state index >= 15 is 4.39 Å². The fourth-order valence-electron chi connectivity index (χ4n) is 7.90. The van der Waals surface area contributed by atoms with Gasteiger partial charge in [-0.1, -0.05) is 151 Å². The lowest BCUT2D eigenvalue weighted by Crippen LogP contribution is -2.11. The number of halogens is 1. The van der Waals surface area contributed by atoms with Gasteiger partial charge >= 0.3 is 0 Å². The van der Waals surface area contributed by atoms with Crippen LogP contribution in [0.4, 0.5) is 4.39 Å². The minimum Gasteiger partial charge on any atom is -0.353 e. The van der Waals surface area contributed by atoms with E-state index in [0.29, 0.717) is 11.3 Å². The number of aromatic amines is 1. The molecule has 1 N–H and O–H groups in total. The Balaban J connectivity index is 1.33. The number of benzene rings is 6. The molecule has 0 spiro atoms. The number of nitrogens with one attached hydrogen (secondary N) is 1. The van der Waals surface area contributed by atoms with Crippen LogP contribution in [-0.4, -0.2) is 15.0 Å². The third-order valence-corrected chi connectivity index (χ3v) is 11.2. The molecule has 3 nitrogen and oxygen atoms in total. The summed E-state index contributed by atoms with van der Waals surface area (Å²) in [5, 5.41) is 2.22. The van der Waals surface area contributed by atoms with Crippen LogP contribution in [0, 0.1) is 5.82 Å². The lowest BCUT2D eigenvalue weighted by Gasteiger charge is -2.22. The molecule has 0 saturated carbocycles. The van der Waals surface area contributed by atoms with Crippen molar-refractivity contribution in [1.29, 1.82) is 0 Å². The van der Waals surface area contributed by atoms with Crippen molar-refractivity contribution in [3.63, 3.8) is 0 Å². The first kappa shape index (κ1) is 37.0. The van der Waals surface area contributed by atoms with Crippen LogP contribution in [0.5, 0.6) is 0 Å². The van der Waals surface area contributed by atoms with Crippen molar-refractivity contribution >= 4 is 21.8 Å². The van der Waals surface area contributed by atoms with E-state index in [2.05, 4.69) is 162 Å². The summed E-state index contributed by atoms with van der Waals surface area (Å²) in [6.07, 6.45) is 1.35. The number of hydrogen-bond acceptors (Lipinski definition) is 2. The molecule has 58 heavy (non-hydrogen) atoms. The Morgan fingerprint density at radius 1 is 0.414 bits per heavy atom. The Kier molecular flexibility index (Phi) is 9.16. The first-order chi connectivity index (χ1) is 27.9. The quantitative estimate of drug-likeness (QED) is 0.184. The SMILES string of the molecule is CC(C)(C)c1cc(-c2cc(-c3ccccc3)c(F)cn2)c2[nH]c3c(-c4cc(-c5ccccc5)cc(-c5cccc(-c6ccccc6)c5)n4)cc(C(C)(C)C)cc3c2c1. The smallest absolute Gasteiger partial charge is 0.149 e. The van der Waals surface area contributed by atoms with Crippen molar-refractivity contribution in [1.82, 2.24) is 15.0 Å². The zero-order valence-electron chi connectivity index (χ0n) is 33.9. The van der Waals surface area contributed by atoms with E-state index < -0.39 is 0 Å². The normalized spacial score (nSPS) is 12.1. The van der Waals surface area contributed by atoms with Crippen molar-refractivity contribution in [3.8, 4) is 67.2 Å². The molecule has 0 aliphatic rings. The van der Waals surface area contributed by atoms with E-state index in [0.717, 1.165) is 72.1 Å². The topological polar surface area (TPSA) is 41.6 Å². The van der Waals surface area contributed by atoms with E-state index in [4.69, 9.17) is 9.97 Å². The minimum absolute atomic E-state index is 0.149. The molecule has 0 bridgehead atoms. The summed E-state index contributed by atoms with van der Waals surface area (Å²) in [6.45, 7) is 13.5. The molecular weight excluding hydrogens is 710 g/mol. The monoisotopic (exact) mass is 755 g/mol. The maximum Gasteiger partial charge on any atom is 0.149 e. The zero-order valence-corrected chi connectivity index (χ0v) is 33.9. The van der Waals surface area contributed by atoms with E-state index in [1.807, 2.05) is 42.5 Å². The number of aromatic nitrogens is 3. The fourth-order valence-corrected chi connectivity index (χ4v) is 7.90. The van der Waals surface area contributed by atoms with Crippen molar-refractivity contribution in [2.24, 2.45) is 0 Å². The predicted molar refractivity (Wildman–Crippen MR) is 241 cm³/mol. The van der Waals surface area contributed by atoms with Crippen LogP contribution in [0.2, 0.25) is 0 Å². The molecule has 6 aromatic carbocycles. The molecular formula is C54H46FN3. The van der Waals surface area contributed by atoms with Gasteiger partial charge in [-0.25, -0.2) is 9.37 Å². The first-order valence-corrected chi connectivity index (χ1v) is 20.0. The van der Waals surface area contributed by atoms with Gasteiger partial charge in [-0.2, -0.15) is 0 Å². The number of pyridine rings is 2. The lowest BCUT2D eigenvalue weighted by atomic mass is 9.83. The van der Waals surface area contributed by atoms with Gasteiger partial charge in [0.05, 0.1) is 34.3 Å². The molecule has 3 heterocycles. The van der Waals surface area contributed by atoms with Gasteiger partial charge < -0.3 is 4.98 Å². The highest BCUT2D eigenvalue weighted by Gasteiger charge is 2.25. The van der Waals surface area contributed by atoms with Gasteiger partial charge in [-0.15, -0.1) is 0 Å². The van der Waals surface area contributed by atoms with Gasteiger partial charge in [0.1, 0.15) is 5.82 Å². The summed E-state index contributed by atoms with van der Waals surface area (Å²) in [4.78, 5) is 14.1. The number of H-pyrrole nitrogens is 1. The molecule has 0 fully saturated rings. The second-order valence-corrected chi connectivity index (χ2v) is 17.4. The molecule has 0 unspecified atom stereocenters. The van der Waals surface area contributed by atoms with Gasteiger partial charge in [-0.05, 0) is 98.3 Å². The summed E-state index contributed by atoms with van der Waals surface area (Å²) >= 11 is 0. The largest absolute Gasteiger partial charge is 0.353 e. The summed E-state index contributed by atoms with van der Waals surface area (Å²) in [6, 6.07) is 54.9. The highest BCUT2D eigenvalue weighted by Crippen LogP contribution is 2.43. The number of fused-ring (bicyclic) bond motifs is 3. The average molecular weight is 756 g/mol. The van der Waals surface area contributed by atoms with E-state index in [9.17, 15) is 0 Å². The van der Waals surface area contributed by atoms with Gasteiger partial charge in [0.15, 0.2) is 0 Å². The van der Waals surface area contributed by atoms with Crippen LogP contribution in [-0.2, 0) is 10.8 Å². The standard InChI is InChI=1S/C54H46FN3/c1-53(2,3)40-28-43-44-29-41(54(4,5)6)31-46(52(44)58-51(43)45(30-40)49-32-42(47(55)33-56-49)36-21-14-9-15-22-36)50-27-39(35-19-12-8-13-20-35)26-48(57-50)38-24-16-23-37(25-38)34-17-10-7-11-18-34/h7-33,58H,1-6H3. The van der Waals surface area contributed by atoms with Crippen molar-refractivity contribution < 1.29 is 4.39 Å². The van der Waals surface area contributed by atoms with Crippen LogP contribution >= 0.6 is 0 Å².